The Kier molecular flexibility index (Phi) is 4.55. The van der Waals surface area contributed by atoms with Gasteiger partial charge in [0.25, 0.3) is 0 Å². The van der Waals surface area contributed by atoms with Gasteiger partial charge in [-0.3, -0.25) is 0 Å². The molecule has 2 atom stereocenters. The Hall–Kier alpha value is -0.200. The number of nitrogens with two attached hydrogens (primary N) is 1. The van der Waals surface area contributed by atoms with Gasteiger partial charge < -0.3 is 10.3 Å². The Morgan fingerprint density at radius 3 is 3.00 bits per heavy atom. The second kappa shape index (κ2) is 5.93. The van der Waals surface area contributed by atoms with E-state index in [0.717, 1.165) is 12.2 Å². The molecule has 1 aromatic rings. The molecule has 0 saturated carbocycles. The molecule has 2 unspecified atom stereocenters. The molecular formula is C10H17N3OS2. The second-order valence-electron chi connectivity index (χ2n) is 3.69. The maximum Gasteiger partial charge on any atom is 0.227 e. The van der Waals surface area contributed by atoms with E-state index in [1.54, 1.807) is 0 Å². The fraction of sp³-hybridized carbons (Fsp3) is 0.800. The molecule has 6 heteroatoms. The highest BCUT2D eigenvalue weighted by Crippen LogP contribution is 2.42. The van der Waals surface area contributed by atoms with Crippen molar-refractivity contribution >= 4 is 23.5 Å². The van der Waals surface area contributed by atoms with Crippen LogP contribution in [0.2, 0.25) is 0 Å². The number of hydrogen-bond donors (Lipinski definition) is 1. The molecule has 1 fully saturated rings. The minimum absolute atomic E-state index is 0.388. The molecule has 1 aliphatic rings. The fourth-order valence-electron chi connectivity index (χ4n) is 1.75. The number of aromatic nitrogens is 2. The van der Waals surface area contributed by atoms with Gasteiger partial charge in [0.1, 0.15) is 0 Å². The maximum atomic E-state index is 5.46. The van der Waals surface area contributed by atoms with Crippen LogP contribution in [0, 0.1) is 0 Å². The van der Waals surface area contributed by atoms with Crippen LogP contribution in [0.25, 0.3) is 0 Å². The molecular weight excluding hydrogens is 242 g/mol. The summed E-state index contributed by atoms with van der Waals surface area (Å²) in [5.74, 6) is 3.93. The molecule has 2 N–H and O–H groups in total. The molecule has 0 bridgehead atoms. The third-order valence-corrected chi connectivity index (χ3v) is 5.79. The first-order valence-electron chi connectivity index (χ1n) is 5.61. The van der Waals surface area contributed by atoms with Crippen LogP contribution < -0.4 is 5.73 Å². The van der Waals surface area contributed by atoms with Gasteiger partial charge in [-0.25, -0.2) is 0 Å². The van der Waals surface area contributed by atoms with Gasteiger partial charge in [-0.2, -0.15) is 16.7 Å². The summed E-state index contributed by atoms with van der Waals surface area (Å²) in [5, 5.41) is 5.08. The monoisotopic (exact) mass is 259 g/mol. The highest BCUT2D eigenvalue weighted by molar-refractivity contribution is 8.06. The lowest BCUT2D eigenvalue weighted by molar-refractivity contribution is 0.373. The molecule has 0 radical (unpaired) electrons. The van der Waals surface area contributed by atoms with Crippen LogP contribution >= 0.6 is 23.5 Å². The number of nitrogens with zero attached hydrogens (tertiary/aromatic N) is 2. The molecule has 2 rings (SSSR count). The Bertz CT molecular complexity index is 332. The first-order chi connectivity index (χ1) is 7.85. The van der Waals surface area contributed by atoms with E-state index in [9.17, 15) is 0 Å². The standard InChI is InChI=1S/C10H17N3OS2/c1-2-7-9(16-6-5-15-7)10-12-8(3-4-11)14-13-10/h7,9H,2-6,11H2,1H3. The molecule has 16 heavy (non-hydrogen) atoms. The summed E-state index contributed by atoms with van der Waals surface area (Å²) in [5.41, 5.74) is 5.46. The zero-order chi connectivity index (χ0) is 11.4. The lowest BCUT2D eigenvalue weighted by Crippen LogP contribution is -2.19. The van der Waals surface area contributed by atoms with E-state index in [0.29, 0.717) is 29.4 Å². The van der Waals surface area contributed by atoms with Crippen molar-refractivity contribution in [2.75, 3.05) is 18.1 Å². The highest BCUT2D eigenvalue weighted by atomic mass is 32.2. The van der Waals surface area contributed by atoms with Crippen LogP contribution in [-0.2, 0) is 6.42 Å². The highest BCUT2D eigenvalue weighted by Gasteiger charge is 2.30. The van der Waals surface area contributed by atoms with Gasteiger partial charge in [-0.15, -0.1) is 11.8 Å². The van der Waals surface area contributed by atoms with Crippen molar-refractivity contribution in [2.45, 2.75) is 30.3 Å². The molecule has 1 aromatic heterocycles. The second-order valence-corrected chi connectivity index (χ2v) is 6.29. The summed E-state index contributed by atoms with van der Waals surface area (Å²) in [4.78, 5) is 4.43. The number of thioether (sulfide) groups is 2. The number of rotatable bonds is 4. The maximum absolute atomic E-state index is 5.46. The lowest BCUT2D eigenvalue weighted by atomic mass is 10.2. The Morgan fingerprint density at radius 2 is 2.25 bits per heavy atom. The quantitative estimate of drug-likeness (QED) is 0.890. The van der Waals surface area contributed by atoms with Crippen molar-refractivity contribution < 1.29 is 4.52 Å². The van der Waals surface area contributed by atoms with E-state index in [-0.39, 0.29) is 0 Å². The topological polar surface area (TPSA) is 64.9 Å². The van der Waals surface area contributed by atoms with Gasteiger partial charge >= 0.3 is 0 Å². The van der Waals surface area contributed by atoms with E-state index in [2.05, 4.69) is 17.1 Å². The molecule has 0 amide bonds. The summed E-state index contributed by atoms with van der Waals surface area (Å²) in [6, 6.07) is 0. The van der Waals surface area contributed by atoms with Gasteiger partial charge in [-0.1, -0.05) is 12.1 Å². The largest absolute Gasteiger partial charge is 0.339 e. The zero-order valence-electron chi connectivity index (χ0n) is 9.39. The third-order valence-electron chi connectivity index (χ3n) is 2.55. The predicted octanol–water partition coefficient (Wildman–Crippen LogP) is 1.87. The molecule has 1 saturated heterocycles. The van der Waals surface area contributed by atoms with E-state index in [4.69, 9.17) is 10.3 Å². The molecule has 4 nitrogen and oxygen atoms in total. The van der Waals surface area contributed by atoms with Crippen LogP contribution in [0.15, 0.2) is 4.52 Å². The summed E-state index contributed by atoms with van der Waals surface area (Å²) < 4.78 is 5.19. The van der Waals surface area contributed by atoms with Gasteiger partial charge in [0.05, 0.1) is 5.25 Å². The smallest absolute Gasteiger partial charge is 0.227 e. The number of hydrogen-bond acceptors (Lipinski definition) is 6. The van der Waals surface area contributed by atoms with Gasteiger partial charge in [0.15, 0.2) is 5.82 Å². The summed E-state index contributed by atoms with van der Waals surface area (Å²) >= 11 is 3.96. The summed E-state index contributed by atoms with van der Waals surface area (Å²) in [6.07, 6.45) is 1.83. The Morgan fingerprint density at radius 1 is 1.44 bits per heavy atom. The average Bonchev–Trinajstić information content (AvgIpc) is 2.78. The third kappa shape index (κ3) is 2.73. The van der Waals surface area contributed by atoms with Gasteiger partial charge in [0, 0.05) is 29.7 Å². The SMILES string of the molecule is CCC1SCCSC1c1noc(CCN)n1. The summed E-state index contributed by atoms with van der Waals surface area (Å²) in [7, 11) is 0. The summed E-state index contributed by atoms with van der Waals surface area (Å²) in [6.45, 7) is 2.78. The van der Waals surface area contributed by atoms with Crippen LogP contribution in [-0.4, -0.2) is 33.4 Å². The normalized spacial score (nSPS) is 25.9. The Labute approximate surface area is 104 Å². The zero-order valence-corrected chi connectivity index (χ0v) is 11.0. The van der Waals surface area contributed by atoms with Crippen molar-refractivity contribution in [3.63, 3.8) is 0 Å². The van der Waals surface area contributed by atoms with Crippen LogP contribution in [0.4, 0.5) is 0 Å². The minimum Gasteiger partial charge on any atom is -0.339 e. The molecule has 90 valence electrons. The van der Waals surface area contributed by atoms with E-state index in [1.165, 1.54) is 11.5 Å². The fourth-order valence-corrected chi connectivity index (χ4v) is 4.73. The van der Waals surface area contributed by atoms with Crippen LogP contribution in [0.3, 0.4) is 0 Å². The van der Waals surface area contributed by atoms with Crippen molar-refractivity contribution in [3.8, 4) is 0 Å². The van der Waals surface area contributed by atoms with Gasteiger partial charge in [0.2, 0.25) is 5.89 Å². The average molecular weight is 259 g/mol. The van der Waals surface area contributed by atoms with E-state index >= 15 is 0 Å². The molecule has 1 aliphatic heterocycles. The van der Waals surface area contributed by atoms with Crippen molar-refractivity contribution in [1.82, 2.24) is 10.1 Å². The van der Waals surface area contributed by atoms with Crippen molar-refractivity contribution in [2.24, 2.45) is 5.73 Å². The Balaban J connectivity index is 2.08. The first kappa shape index (κ1) is 12.3. The molecule has 2 heterocycles. The van der Waals surface area contributed by atoms with Gasteiger partial charge in [-0.05, 0) is 6.42 Å². The molecule has 0 aliphatic carbocycles. The van der Waals surface area contributed by atoms with Crippen LogP contribution in [0.1, 0.15) is 30.3 Å². The van der Waals surface area contributed by atoms with Crippen LogP contribution in [0.5, 0.6) is 0 Å². The van der Waals surface area contributed by atoms with E-state index < -0.39 is 0 Å². The predicted molar refractivity (Wildman–Crippen MR) is 68.8 cm³/mol. The first-order valence-corrected chi connectivity index (χ1v) is 7.70. The van der Waals surface area contributed by atoms with Crippen molar-refractivity contribution in [1.29, 1.82) is 0 Å². The lowest BCUT2D eigenvalue weighted by Gasteiger charge is -2.27. The van der Waals surface area contributed by atoms with E-state index in [1.807, 2.05) is 23.5 Å². The minimum atomic E-state index is 0.388. The molecule has 0 spiro atoms. The van der Waals surface area contributed by atoms with Crippen molar-refractivity contribution in [3.05, 3.63) is 11.7 Å². The molecule has 0 aromatic carbocycles.